The first kappa shape index (κ1) is 20.8. The van der Waals surface area contributed by atoms with E-state index in [2.05, 4.69) is 44.9 Å². The summed E-state index contributed by atoms with van der Waals surface area (Å²) < 4.78 is 0. The molecular formula is C26H42N2O2. The van der Waals surface area contributed by atoms with Crippen LogP contribution >= 0.6 is 0 Å². The zero-order valence-corrected chi connectivity index (χ0v) is 19.7. The summed E-state index contributed by atoms with van der Waals surface area (Å²) in [5.41, 5.74) is 2.45. The first-order chi connectivity index (χ1) is 14.5. The highest BCUT2D eigenvalue weighted by Crippen LogP contribution is 2.67. The van der Waals surface area contributed by atoms with Crippen LogP contribution in [0.2, 0.25) is 0 Å². The summed E-state index contributed by atoms with van der Waals surface area (Å²) in [7, 11) is 0. The number of rotatable bonds is 8. The van der Waals surface area contributed by atoms with E-state index < -0.39 is 0 Å². The van der Waals surface area contributed by atoms with E-state index in [9.17, 15) is 0 Å². The van der Waals surface area contributed by atoms with E-state index in [4.69, 9.17) is 9.68 Å². The molecule has 10 unspecified atom stereocenters. The van der Waals surface area contributed by atoms with E-state index in [1.807, 2.05) is 0 Å². The van der Waals surface area contributed by atoms with Crippen molar-refractivity contribution in [3.8, 4) is 0 Å². The monoisotopic (exact) mass is 414 g/mol. The quantitative estimate of drug-likeness (QED) is 0.467. The molecule has 0 aromatic heterocycles. The number of oxime groups is 2. The van der Waals surface area contributed by atoms with Crippen molar-refractivity contribution >= 4 is 11.4 Å². The Morgan fingerprint density at radius 1 is 1.03 bits per heavy atom. The van der Waals surface area contributed by atoms with Gasteiger partial charge in [0.25, 0.3) is 0 Å². The topological polar surface area (TPSA) is 43.2 Å². The van der Waals surface area contributed by atoms with Gasteiger partial charge in [0, 0.05) is 24.7 Å². The van der Waals surface area contributed by atoms with Crippen molar-refractivity contribution in [3.63, 3.8) is 0 Å². The highest BCUT2D eigenvalue weighted by Gasteiger charge is 2.65. The Kier molecular flexibility index (Phi) is 5.64. The molecule has 0 amide bonds. The lowest BCUT2D eigenvalue weighted by Crippen LogP contribution is -2.38. The van der Waals surface area contributed by atoms with Crippen LogP contribution in [0.4, 0.5) is 0 Å². The van der Waals surface area contributed by atoms with E-state index in [-0.39, 0.29) is 6.10 Å². The van der Waals surface area contributed by atoms with Gasteiger partial charge in [-0.3, -0.25) is 0 Å². The molecule has 4 nitrogen and oxygen atoms in total. The van der Waals surface area contributed by atoms with Gasteiger partial charge in [0.2, 0.25) is 0 Å². The smallest absolute Gasteiger partial charge is 0.139 e. The van der Waals surface area contributed by atoms with Crippen molar-refractivity contribution < 1.29 is 9.68 Å². The van der Waals surface area contributed by atoms with Crippen molar-refractivity contribution in [2.45, 2.75) is 98.2 Å². The zero-order valence-electron chi connectivity index (χ0n) is 19.7. The third kappa shape index (κ3) is 3.41. The lowest BCUT2D eigenvalue weighted by molar-refractivity contribution is -0.0129. The fourth-order valence-corrected chi connectivity index (χ4v) is 8.39. The lowest BCUT2D eigenvalue weighted by Gasteiger charge is -2.40. The predicted molar refractivity (Wildman–Crippen MR) is 121 cm³/mol. The number of unbranched alkanes of at least 4 members (excludes halogenated alkanes) is 1. The van der Waals surface area contributed by atoms with Gasteiger partial charge >= 0.3 is 0 Å². The van der Waals surface area contributed by atoms with Gasteiger partial charge in [-0.1, -0.05) is 64.2 Å². The highest BCUT2D eigenvalue weighted by atomic mass is 16.6. The van der Waals surface area contributed by atoms with Gasteiger partial charge in [-0.05, 0) is 60.7 Å². The average Bonchev–Trinajstić information content (AvgIpc) is 3.47. The standard InChI is InChI=1S/C26H42N2O2/c1-6-7-8-15(4)24-16(5)19-12-20(24)21-13-22-23(28-30-26(22)25(19)21)11-17-10-18(29-27-17)9-14(2)3/h14-16,18-22,24-26H,6-13H2,1-5H3. The van der Waals surface area contributed by atoms with Crippen molar-refractivity contribution in [1.29, 1.82) is 0 Å². The molecule has 3 fully saturated rings. The summed E-state index contributed by atoms with van der Waals surface area (Å²) >= 11 is 0. The maximum Gasteiger partial charge on any atom is 0.139 e. The molecule has 4 heteroatoms. The van der Waals surface area contributed by atoms with Crippen LogP contribution in [-0.4, -0.2) is 23.6 Å². The summed E-state index contributed by atoms with van der Waals surface area (Å²) in [5, 5.41) is 9.03. The molecule has 0 aromatic rings. The second-order valence-electron chi connectivity index (χ2n) is 11.8. The minimum Gasteiger partial charge on any atom is -0.392 e. The first-order valence-corrected chi connectivity index (χ1v) is 12.9. The van der Waals surface area contributed by atoms with Crippen LogP contribution in [-0.2, 0) is 9.68 Å². The molecule has 2 heterocycles. The predicted octanol–water partition coefficient (Wildman–Crippen LogP) is 6.30. The molecule has 30 heavy (non-hydrogen) atoms. The number of hydrogen-bond acceptors (Lipinski definition) is 4. The number of hydrogen-bond donors (Lipinski definition) is 0. The minimum atomic E-state index is 0.267. The van der Waals surface area contributed by atoms with Crippen LogP contribution in [0.5, 0.6) is 0 Å². The van der Waals surface area contributed by atoms with Gasteiger partial charge < -0.3 is 9.68 Å². The molecule has 0 N–H and O–H groups in total. The molecule has 168 valence electrons. The van der Waals surface area contributed by atoms with Gasteiger partial charge in [-0.25, -0.2) is 0 Å². The maximum atomic E-state index is 6.16. The van der Waals surface area contributed by atoms with Gasteiger partial charge in [0.05, 0.1) is 11.4 Å². The van der Waals surface area contributed by atoms with E-state index in [1.165, 1.54) is 43.5 Å². The molecule has 0 saturated heterocycles. The minimum absolute atomic E-state index is 0.267. The fourth-order valence-electron chi connectivity index (χ4n) is 8.39. The Morgan fingerprint density at radius 2 is 1.87 bits per heavy atom. The van der Waals surface area contributed by atoms with Crippen molar-refractivity contribution in [3.05, 3.63) is 0 Å². The largest absolute Gasteiger partial charge is 0.392 e. The van der Waals surface area contributed by atoms with Crippen molar-refractivity contribution in [2.24, 2.45) is 63.6 Å². The molecular weight excluding hydrogens is 372 g/mol. The van der Waals surface area contributed by atoms with Gasteiger partial charge in [-0.15, -0.1) is 0 Å². The Hall–Kier alpha value is -1.06. The van der Waals surface area contributed by atoms with Crippen LogP contribution in [0.1, 0.15) is 86.0 Å². The fraction of sp³-hybridized carbons (Fsp3) is 0.923. The van der Waals surface area contributed by atoms with Crippen LogP contribution in [0.15, 0.2) is 10.3 Å². The van der Waals surface area contributed by atoms with Crippen LogP contribution in [0.25, 0.3) is 0 Å². The Bertz CT molecular complexity index is 701. The van der Waals surface area contributed by atoms with E-state index in [1.54, 1.807) is 0 Å². The normalized spacial score (nSPS) is 44.5. The van der Waals surface area contributed by atoms with Gasteiger partial charge in [-0.2, -0.15) is 0 Å². The van der Waals surface area contributed by atoms with E-state index in [0.29, 0.717) is 17.9 Å². The SMILES string of the molecule is CCCCC(C)C1C(C)C2CC1C1CC3C(CC4=NOC(CC(C)C)C4)=NOC3C21. The molecule has 0 aromatic carbocycles. The summed E-state index contributed by atoms with van der Waals surface area (Å²) in [6.45, 7) is 11.9. The summed E-state index contributed by atoms with van der Waals surface area (Å²) in [4.78, 5) is 11.9. The van der Waals surface area contributed by atoms with Gasteiger partial charge in [0.1, 0.15) is 12.2 Å². The van der Waals surface area contributed by atoms with E-state index in [0.717, 1.165) is 60.7 Å². The van der Waals surface area contributed by atoms with Crippen molar-refractivity contribution in [1.82, 2.24) is 0 Å². The summed E-state index contributed by atoms with van der Waals surface area (Å²) in [5.74, 6) is 7.28. The number of fused-ring (bicyclic) bond motifs is 7. The average molecular weight is 415 g/mol. The maximum absolute atomic E-state index is 6.16. The summed E-state index contributed by atoms with van der Waals surface area (Å²) in [6.07, 6.45) is 10.5. The van der Waals surface area contributed by atoms with Gasteiger partial charge in [0.15, 0.2) is 0 Å². The molecule has 2 bridgehead atoms. The molecule has 5 rings (SSSR count). The Balaban J connectivity index is 1.22. The highest BCUT2D eigenvalue weighted by molar-refractivity contribution is 6.06. The zero-order chi connectivity index (χ0) is 21.0. The molecule has 5 aliphatic rings. The molecule has 2 aliphatic heterocycles. The number of nitrogens with zero attached hydrogens (tertiary/aromatic N) is 2. The van der Waals surface area contributed by atoms with Crippen LogP contribution in [0, 0.1) is 53.3 Å². The third-order valence-electron chi connectivity index (χ3n) is 9.47. The molecule has 0 spiro atoms. The third-order valence-corrected chi connectivity index (χ3v) is 9.47. The Morgan fingerprint density at radius 3 is 2.63 bits per heavy atom. The Labute approximate surface area is 183 Å². The second kappa shape index (κ2) is 8.13. The van der Waals surface area contributed by atoms with E-state index >= 15 is 0 Å². The molecule has 0 radical (unpaired) electrons. The summed E-state index contributed by atoms with van der Waals surface area (Å²) in [6, 6.07) is 0. The molecule has 10 atom stereocenters. The lowest BCUT2D eigenvalue weighted by atomic mass is 9.65. The van der Waals surface area contributed by atoms with Crippen molar-refractivity contribution in [2.75, 3.05) is 0 Å². The second-order valence-corrected chi connectivity index (χ2v) is 11.8. The van der Waals surface area contributed by atoms with Crippen LogP contribution in [0.3, 0.4) is 0 Å². The molecule has 3 aliphatic carbocycles. The first-order valence-electron chi connectivity index (χ1n) is 12.9. The van der Waals surface area contributed by atoms with Crippen LogP contribution < -0.4 is 0 Å². The molecule has 3 saturated carbocycles.